The van der Waals surface area contributed by atoms with Crippen molar-refractivity contribution in [3.63, 3.8) is 0 Å². The third-order valence-electron chi connectivity index (χ3n) is 6.09. The Morgan fingerprint density at radius 1 is 1.02 bits per heavy atom. The summed E-state index contributed by atoms with van der Waals surface area (Å²) in [7, 11) is -1.66. The number of hydrogen-bond donors (Lipinski definition) is 1. The van der Waals surface area contributed by atoms with Crippen LogP contribution in [0.15, 0.2) is 102 Å². The third-order valence-corrected chi connectivity index (χ3v) is 7.89. The van der Waals surface area contributed by atoms with Crippen LogP contribution in [0.5, 0.6) is 5.75 Å². The van der Waals surface area contributed by atoms with Gasteiger partial charge in [-0.25, -0.2) is 17.9 Å². The predicted octanol–water partition coefficient (Wildman–Crippen LogP) is 4.32. The molecule has 0 saturated carbocycles. The summed E-state index contributed by atoms with van der Waals surface area (Å²) in [6.07, 6.45) is 3.34. The highest BCUT2D eigenvalue weighted by Gasteiger charge is 2.31. The molecule has 1 heterocycles. The average Bonchev–Trinajstić information content (AvgIpc) is 3.51. The number of aromatic nitrogens is 2. The Bertz CT molecular complexity index is 1650. The number of para-hydroxylation sites is 1. The number of benzene rings is 3. The number of rotatable bonds is 10. The number of esters is 1. The highest BCUT2D eigenvalue weighted by atomic mass is 32.2. The second-order valence-corrected chi connectivity index (χ2v) is 10.6. The number of amides is 1. The fourth-order valence-corrected chi connectivity index (χ4v) is 5.42. The molecule has 0 atom stereocenters. The minimum atomic E-state index is -4.27. The number of methoxy groups -OCH3 is 2. The maximum Gasteiger partial charge on any atom is 0.354 e. The minimum absolute atomic E-state index is 0.0789. The molecule has 3 aromatic carbocycles. The molecular weight excluding hydrogens is 532 g/mol. The largest absolute Gasteiger partial charge is 0.497 e. The zero-order valence-electron chi connectivity index (χ0n) is 22.2. The molecule has 0 aliphatic rings. The van der Waals surface area contributed by atoms with E-state index in [0.717, 1.165) is 17.0 Å². The van der Waals surface area contributed by atoms with Crippen molar-refractivity contribution in [3.05, 3.63) is 114 Å². The predicted molar refractivity (Wildman–Crippen MR) is 150 cm³/mol. The number of anilines is 1. The number of nitrogens with zero attached hydrogens (tertiary/aromatic N) is 3. The van der Waals surface area contributed by atoms with Gasteiger partial charge >= 0.3 is 5.97 Å². The van der Waals surface area contributed by atoms with Crippen LogP contribution >= 0.6 is 0 Å². The van der Waals surface area contributed by atoms with Gasteiger partial charge in [-0.3, -0.25) is 9.10 Å². The molecule has 10 nitrogen and oxygen atoms in total. The van der Waals surface area contributed by atoms with Crippen LogP contribution in [-0.4, -0.2) is 48.6 Å². The van der Waals surface area contributed by atoms with Crippen LogP contribution in [0.25, 0.3) is 5.69 Å². The number of sulfonamides is 1. The van der Waals surface area contributed by atoms with Crippen molar-refractivity contribution in [1.29, 1.82) is 0 Å². The van der Waals surface area contributed by atoms with E-state index in [9.17, 15) is 18.0 Å². The van der Waals surface area contributed by atoms with Crippen LogP contribution in [0.2, 0.25) is 0 Å². The molecule has 0 bridgehead atoms. The van der Waals surface area contributed by atoms with Gasteiger partial charge in [-0.1, -0.05) is 36.4 Å². The Morgan fingerprint density at radius 3 is 2.40 bits per heavy atom. The normalized spacial score (nSPS) is 11.0. The van der Waals surface area contributed by atoms with E-state index in [4.69, 9.17) is 9.47 Å². The standard InChI is InChI=1S/C29H28N4O6S/c1-20-10-15-26(31-28(34)25-8-5-6-9-27(25)32-17-7-16-30-32)22(18-20)19-33(21(2)29(35)39-4)40(36,37)24-13-11-23(38-3)12-14-24/h5-18H,2,19H2,1,3-4H3,(H,31,34). The van der Waals surface area contributed by atoms with Crippen LogP contribution < -0.4 is 10.1 Å². The van der Waals surface area contributed by atoms with E-state index in [1.165, 1.54) is 31.4 Å². The lowest BCUT2D eigenvalue weighted by Crippen LogP contribution is -2.33. The minimum Gasteiger partial charge on any atom is -0.497 e. The van der Waals surface area contributed by atoms with Crippen molar-refractivity contribution in [1.82, 2.24) is 14.1 Å². The third kappa shape index (κ3) is 5.89. The fraction of sp³-hybridized carbons (Fsp3) is 0.138. The summed E-state index contributed by atoms with van der Waals surface area (Å²) >= 11 is 0. The van der Waals surface area contributed by atoms with Gasteiger partial charge in [-0.05, 0) is 61.0 Å². The number of nitrogens with one attached hydrogen (secondary N) is 1. The lowest BCUT2D eigenvalue weighted by molar-refractivity contribution is -0.137. The highest BCUT2D eigenvalue weighted by Crippen LogP contribution is 2.28. The summed E-state index contributed by atoms with van der Waals surface area (Å²) in [4.78, 5) is 25.8. The zero-order valence-corrected chi connectivity index (χ0v) is 23.0. The summed E-state index contributed by atoms with van der Waals surface area (Å²) in [5.74, 6) is -0.868. The van der Waals surface area contributed by atoms with Gasteiger partial charge in [0.2, 0.25) is 0 Å². The quantitative estimate of drug-likeness (QED) is 0.227. The topological polar surface area (TPSA) is 120 Å². The monoisotopic (exact) mass is 560 g/mol. The molecule has 1 N–H and O–H groups in total. The maximum atomic E-state index is 13.7. The molecule has 1 aromatic heterocycles. The molecule has 40 heavy (non-hydrogen) atoms. The van der Waals surface area contributed by atoms with Crippen molar-refractivity contribution >= 4 is 27.6 Å². The summed E-state index contributed by atoms with van der Waals surface area (Å²) in [5.41, 5.74) is 2.16. The second-order valence-electron chi connectivity index (χ2n) is 8.71. The molecular formula is C29H28N4O6S. The molecule has 0 unspecified atom stereocenters. The summed E-state index contributed by atoms with van der Waals surface area (Å²) < 4.78 is 39.8. The lowest BCUT2D eigenvalue weighted by atomic mass is 10.1. The first-order valence-electron chi connectivity index (χ1n) is 12.1. The van der Waals surface area contributed by atoms with Crippen LogP contribution in [0.4, 0.5) is 5.69 Å². The first-order valence-corrected chi connectivity index (χ1v) is 13.5. The van der Waals surface area contributed by atoms with Gasteiger partial charge < -0.3 is 14.8 Å². The van der Waals surface area contributed by atoms with Crippen LogP contribution in [0.3, 0.4) is 0 Å². The van der Waals surface area contributed by atoms with E-state index < -0.39 is 21.9 Å². The number of carbonyl (C=O) groups excluding carboxylic acids is 2. The van der Waals surface area contributed by atoms with E-state index in [1.807, 2.05) is 6.92 Å². The Balaban J connectivity index is 1.72. The van der Waals surface area contributed by atoms with Gasteiger partial charge in [0.15, 0.2) is 0 Å². The molecule has 206 valence electrons. The number of carbonyl (C=O) groups is 2. The van der Waals surface area contributed by atoms with Gasteiger partial charge in [0, 0.05) is 18.1 Å². The average molecular weight is 561 g/mol. The fourth-order valence-electron chi connectivity index (χ4n) is 4.02. The van der Waals surface area contributed by atoms with Crippen molar-refractivity contribution in [2.45, 2.75) is 18.4 Å². The van der Waals surface area contributed by atoms with Crippen molar-refractivity contribution < 1.29 is 27.5 Å². The first kappa shape index (κ1) is 28.1. The highest BCUT2D eigenvalue weighted by molar-refractivity contribution is 7.89. The number of hydrogen-bond acceptors (Lipinski definition) is 7. The van der Waals surface area contributed by atoms with Gasteiger partial charge in [0.1, 0.15) is 11.4 Å². The Hall–Kier alpha value is -4.90. The van der Waals surface area contributed by atoms with Gasteiger partial charge in [0.05, 0.1) is 36.9 Å². The Morgan fingerprint density at radius 2 is 1.75 bits per heavy atom. The second kappa shape index (κ2) is 11.9. The Labute approximate surface area is 232 Å². The molecule has 0 fully saturated rings. The van der Waals surface area contributed by atoms with E-state index in [2.05, 4.69) is 17.0 Å². The molecule has 0 aliphatic heterocycles. The molecule has 0 saturated heterocycles. The molecule has 0 spiro atoms. The van der Waals surface area contributed by atoms with Crippen molar-refractivity contribution in [2.24, 2.45) is 0 Å². The summed E-state index contributed by atoms with van der Waals surface area (Å²) in [6, 6.07) is 19.7. The van der Waals surface area contributed by atoms with Gasteiger partial charge in [-0.15, -0.1) is 0 Å². The van der Waals surface area contributed by atoms with Crippen LogP contribution in [-0.2, 0) is 26.1 Å². The molecule has 0 aliphatic carbocycles. The smallest absolute Gasteiger partial charge is 0.354 e. The summed E-state index contributed by atoms with van der Waals surface area (Å²) in [6.45, 7) is 5.23. The SMILES string of the molecule is C=C(C(=O)OC)N(Cc1cc(C)ccc1NC(=O)c1ccccc1-n1cccn1)S(=O)(=O)c1ccc(OC)cc1. The van der Waals surface area contributed by atoms with E-state index in [0.29, 0.717) is 28.3 Å². The van der Waals surface area contributed by atoms with Crippen LogP contribution in [0.1, 0.15) is 21.5 Å². The first-order chi connectivity index (χ1) is 19.1. The maximum absolute atomic E-state index is 13.7. The lowest BCUT2D eigenvalue weighted by Gasteiger charge is -2.26. The number of ether oxygens (including phenoxy) is 2. The molecule has 1 amide bonds. The van der Waals surface area contributed by atoms with E-state index in [1.54, 1.807) is 65.6 Å². The molecule has 0 radical (unpaired) electrons. The number of aryl methyl sites for hydroxylation is 1. The van der Waals surface area contributed by atoms with E-state index >= 15 is 0 Å². The summed E-state index contributed by atoms with van der Waals surface area (Å²) in [5, 5.41) is 7.10. The van der Waals surface area contributed by atoms with Gasteiger partial charge in [0.25, 0.3) is 15.9 Å². The molecule has 4 rings (SSSR count). The van der Waals surface area contributed by atoms with E-state index in [-0.39, 0.29) is 17.1 Å². The Kier molecular flexibility index (Phi) is 8.34. The van der Waals surface area contributed by atoms with Crippen LogP contribution in [0, 0.1) is 6.92 Å². The van der Waals surface area contributed by atoms with Crippen molar-refractivity contribution in [3.8, 4) is 11.4 Å². The zero-order chi connectivity index (χ0) is 28.9. The van der Waals surface area contributed by atoms with Gasteiger partial charge in [-0.2, -0.15) is 5.10 Å². The molecule has 4 aromatic rings. The molecule has 11 heteroatoms. The van der Waals surface area contributed by atoms with Crippen molar-refractivity contribution in [2.75, 3.05) is 19.5 Å².